The monoisotopic (exact) mass is 219 g/mol. The van der Waals surface area contributed by atoms with Crippen LogP contribution in [0.5, 0.6) is 0 Å². The molecule has 2 heteroatoms. The number of ether oxygens (including phenoxy) is 1. The minimum Gasteiger partial charge on any atom is -0.381 e. The summed E-state index contributed by atoms with van der Waals surface area (Å²) in [7, 11) is 1.77. The van der Waals surface area contributed by atoms with Crippen molar-refractivity contribution in [3.05, 3.63) is 35.4 Å². The third-order valence-electron chi connectivity index (χ3n) is 3.34. The van der Waals surface area contributed by atoms with Gasteiger partial charge in [-0.25, -0.2) is 0 Å². The number of nitrogens with one attached hydrogen (secondary N) is 1. The number of hydrogen-bond acceptors (Lipinski definition) is 2. The smallest absolute Gasteiger partial charge is 0.0583 e. The maximum atomic E-state index is 5.30. The SMILES string of the molecule is COC(C)Cc1cccc(C2CCCN2)c1. The van der Waals surface area contributed by atoms with Gasteiger partial charge in [0.25, 0.3) is 0 Å². The largest absolute Gasteiger partial charge is 0.381 e. The Balaban J connectivity index is 2.06. The molecule has 0 spiro atoms. The molecule has 16 heavy (non-hydrogen) atoms. The molecule has 0 bridgehead atoms. The molecule has 2 atom stereocenters. The van der Waals surface area contributed by atoms with Crippen molar-refractivity contribution < 1.29 is 4.74 Å². The minimum absolute atomic E-state index is 0.298. The predicted molar refractivity (Wildman–Crippen MR) is 66.6 cm³/mol. The molecule has 1 aliphatic rings. The quantitative estimate of drug-likeness (QED) is 0.840. The Labute approximate surface area is 98.0 Å². The zero-order chi connectivity index (χ0) is 11.4. The summed E-state index contributed by atoms with van der Waals surface area (Å²) in [6.07, 6.45) is 3.86. The van der Waals surface area contributed by atoms with Crippen molar-refractivity contribution in [3.63, 3.8) is 0 Å². The topological polar surface area (TPSA) is 21.3 Å². The van der Waals surface area contributed by atoms with Crippen LogP contribution < -0.4 is 5.32 Å². The highest BCUT2D eigenvalue weighted by Gasteiger charge is 2.16. The summed E-state index contributed by atoms with van der Waals surface area (Å²) < 4.78 is 5.30. The lowest BCUT2D eigenvalue weighted by Crippen LogP contribution is -2.14. The van der Waals surface area contributed by atoms with Crippen molar-refractivity contribution in [2.75, 3.05) is 13.7 Å². The Morgan fingerprint density at radius 2 is 2.38 bits per heavy atom. The van der Waals surface area contributed by atoms with Crippen molar-refractivity contribution in [1.82, 2.24) is 5.32 Å². The highest BCUT2D eigenvalue weighted by Crippen LogP contribution is 2.23. The average molecular weight is 219 g/mol. The number of benzene rings is 1. The van der Waals surface area contributed by atoms with E-state index in [-0.39, 0.29) is 0 Å². The fourth-order valence-corrected chi connectivity index (χ4v) is 2.32. The second-order valence-corrected chi connectivity index (χ2v) is 4.64. The maximum Gasteiger partial charge on any atom is 0.0583 e. The Bertz CT molecular complexity index is 331. The molecule has 1 aliphatic heterocycles. The predicted octanol–water partition coefficient (Wildman–Crippen LogP) is 2.69. The lowest BCUT2D eigenvalue weighted by molar-refractivity contribution is 0.119. The third-order valence-corrected chi connectivity index (χ3v) is 3.34. The summed E-state index contributed by atoms with van der Waals surface area (Å²) in [6.45, 7) is 3.27. The maximum absolute atomic E-state index is 5.30. The van der Waals surface area contributed by atoms with E-state index >= 15 is 0 Å². The van der Waals surface area contributed by atoms with E-state index in [0.717, 1.165) is 13.0 Å². The van der Waals surface area contributed by atoms with Crippen LogP contribution in [-0.4, -0.2) is 19.8 Å². The standard InChI is InChI=1S/C14H21NO/c1-11(16-2)9-12-5-3-6-13(10-12)14-7-4-8-15-14/h3,5-6,10-11,14-15H,4,7-9H2,1-2H3. The van der Waals surface area contributed by atoms with Gasteiger partial charge in [0, 0.05) is 13.2 Å². The summed E-state index contributed by atoms with van der Waals surface area (Å²) in [5.41, 5.74) is 2.80. The van der Waals surface area contributed by atoms with Crippen LogP contribution in [0.4, 0.5) is 0 Å². The van der Waals surface area contributed by atoms with Gasteiger partial charge in [0.1, 0.15) is 0 Å². The van der Waals surface area contributed by atoms with Crippen LogP contribution in [0.1, 0.15) is 36.9 Å². The van der Waals surface area contributed by atoms with E-state index in [9.17, 15) is 0 Å². The van der Waals surface area contributed by atoms with Crippen LogP contribution in [0.25, 0.3) is 0 Å². The van der Waals surface area contributed by atoms with Crippen molar-refractivity contribution in [3.8, 4) is 0 Å². The van der Waals surface area contributed by atoms with Crippen LogP contribution in [0.2, 0.25) is 0 Å². The molecule has 0 saturated carbocycles. The zero-order valence-corrected chi connectivity index (χ0v) is 10.2. The normalized spacial score (nSPS) is 22.2. The van der Waals surface area contributed by atoms with Crippen molar-refractivity contribution in [2.45, 2.75) is 38.3 Å². The van der Waals surface area contributed by atoms with E-state index in [1.54, 1.807) is 7.11 Å². The first-order chi connectivity index (χ1) is 7.79. The summed E-state index contributed by atoms with van der Waals surface area (Å²) in [4.78, 5) is 0. The van der Waals surface area contributed by atoms with Gasteiger partial charge in [0.2, 0.25) is 0 Å². The van der Waals surface area contributed by atoms with Crippen LogP contribution in [0.15, 0.2) is 24.3 Å². The second-order valence-electron chi connectivity index (χ2n) is 4.64. The molecule has 1 saturated heterocycles. The molecule has 1 aromatic rings. The first-order valence-electron chi connectivity index (χ1n) is 6.14. The Kier molecular flexibility index (Phi) is 3.97. The Morgan fingerprint density at radius 3 is 3.06 bits per heavy atom. The molecule has 0 radical (unpaired) electrons. The van der Waals surface area contributed by atoms with Crippen molar-refractivity contribution >= 4 is 0 Å². The fourth-order valence-electron chi connectivity index (χ4n) is 2.32. The van der Waals surface area contributed by atoms with E-state index in [1.165, 1.54) is 24.0 Å². The molecule has 1 N–H and O–H groups in total. The second kappa shape index (κ2) is 5.46. The van der Waals surface area contributed by atoms with E-state index in [1.807, 2.05) is 0 Å². The Morgan fingerprint density at radius 1 is 1.50 bits per heavy atom. The molecule has 0 amide bonds. The zero-order valence-electron chi connectivity index (χ0n) is 10.2. The molecular weight excluding hydrogens is 198 g/mol. The minimum atomic E-state index is 0.298. The van der Waals surface area contributed by atoms with Gasteiger partial charge in [-0.2, -0.15) is 0 Å². The molecule has 2 unspecified atom stereocenters. The highest BCUT2D eigenvalue weighted by atomic mass is 16.5. The van der Waals surface area contributed by atoms with Gasteiger partial charge in [0.15, 0.2) is 0 Å². The van der Waals surface area contributed by atoms with Crippen LogP contribution in [0, 0.1) is 0 Å². The summed E-state index contributed by atoms with van der Waals surface area (Å²) in [5.74, 6) is 0. The average Bonchev–Trinajstić information content (AvgIpc) is 2.83. The number of hydrogen-bond donors (Lipinski definition) is 1. The molecule has 88 valence electrons. The van der Waals surface area contributed by atoms with Crippen LogP contribution in [0.3, 0.4) is 0 Å². The van der Waals surface area contributed by atoms with E-state index in [4.69, 9.17) is 4.74 Å². The van der Waals surface area contributed by atoms with Crippen LogP contribution >= 0.6 is 0 Å². The molecule has 1 fully saturated rings. The van der Waals surface area contributed by atoms with Crippen molar-refractivity contribution in [1.29, 1.82) is 0 Å². The van der Waals surface area contributed by atoms with E-state index in [2.05, 4.69) is 36.5 Å². The third kappa shape index (κ3) is 2.83. The molecule has 0 aliphatic carbocycles. The lowest BCUT2D eigenvalue weighted by atomic mass is 10.00. The number of rotatable bonds is 4. The van der Waals surface area contributed by atoms with Gasteiger partial charge >= 0.3 is 0 Å². The van der Waals surface area contributed by atoms with Gasteiger partial charge in [-0.1, -0.05) is 24.3 Å². The van der Waals surface area contributed by atoms with Gasteiger partial charge in [-0.15, -0.1) is 0 Å². The molecule has 2 nitrogen and oxygen atoms in total. The molecule has 1 aromatic carbocycles. The van der Waals surface area contributed by atoms with Crippen LogP contribution in [-0.2, 0) is 11.2 Å². The number of methoxy groups -OCH3 is 1. The van der Waals surface area contributed by atoms with Gasteiger partial charge < -0.3 is 10.1 Å². The van der Waals surface area contributed by atoms with Gasteiger partial charge in [-0.05, 0) is 43.9 Å². The van der Waals surface area contributed by atoms with Gasteiger partial charge in [-0.3, -0.25) is 0 Å². The summed E-state index contributed by atoms with van der Waals surface area (Å²) in [6, 6.07) is 9.46. The lowest BCUT2D eigenvalue weighted by Gasteiger charge is -2.14. The first kappa shape index (κ1) is 11.6. The van der Waals surface area contributed by atoms with E-state index in [0.29, 0.717) is 12.1 Å². The fraction of sp³-hybridized carbons (Fsp3) is 0.571. The highest BCUT2D eigenvalue weighted by molar-refractivity contribution is 5.27. The molecule has 2 rings (SSSR count). The Hall–Kier alpha value is -0.860. The summed E-state index contributed by atoms with van der Waals surface area (Å²) in [5, 5.41) is 3.54. The molecule has 0 aromatic heterocycles. The molecule has 1 heterocycles. The molecular formula is C14H21NO. The van der Waals surface area contributed by atoms with Gasteiger partial charge in [0.05, 0.1) is 6.10 Å². The first-order valence-corrected chi connectivity index (χ1v) is 6.14. The van der Waals surface area contributed by atoms with E-state index < -0.39 is 0 Å². The summed E-state index contributed by atoms with van der Waals surface area (Å²) >= 11 is 0. The van der Waals surface area contributed by atoms with Crippen molar-refractivity contribution in [2.24, 2.45) is 0 Å².